The molecule has 3 rings (SSSR count). The molecule has 0 heterocycles. The van der Waals surface area contributed by atoms with Gasteiger partial charge in [-0.25, -0.2) is 0 Å². The van der Waals surface area contributed by atoms with Crippen molar-refractivity contribution in [2.24, 2.45) is 16.7 Å². The molecule has 1 fully saturated rings. The molecule has 0 amide bonds. The van der Waals surface area contributed by atoms with Gasteiger partial charge in [0, 0.05) is 11.1 Å². The Morgan fingerprint density at radius 3 is 2.53 bits per heavy atom. The summed E-state index contributed by atoms with van der Waals surface area (Å²) in [7, 11) is 0. The Bertz CT molecular complexity index is 491. The first-order chi connectivity index (χ1) is 9.04. The smallest absolute Gasteiger partial charge is 0.0996 e. The van der Waals surface area contributed by atoms with Crippen LogP contribution in [-0.4, -0.2) is 0 Å². The molecule has 2 unspecified atom stereocenters. The second kappa shape index (κ2) is 4.38. The second-order valence-corrected chi connectivity index (χ2v) is 6.66. The van der Waals surface area contributed by atoms with Gasteiger partial charge in [0.05, 0.1) is 6.61 Å². The Morgan fingerprint density at radius 1 is 1.21 bits per heavy atom. The molecule has 0 aliphatic heterocycles. The highest BCUT2D eigenvalue weighted by molar-refractivity contribution is 5.29. The standard InChI is InChI=1S/C17H23NO/c1-16(2)14-9-10-17(16,3)15(11-14)18-19-12-13-7-5-4-6-8-13/h4-8,11,14,18H,9-10,12H2,1-3H3. The fourth-order valence-electron chi connectivity index (χ4n) is 3.61. The lowest BCUT2D eigenvalue weighted by Crippen LogP contribution is -2.35. The highest BCUT2D eigenvalue weighted by Crippen LogP contribution is 2.64. The van der Waals surface area contributed by atoms with Crippen LogP contribution in [0.2, 0.25) is 0 Å². The third kappa shape index (κ3) is 1.90. The van der Waals surface area contributed by atoms with Crippen LogP contribution >= 0.6 is 0 Å². The summed E-state index contributed by atoms with van der Waals surface area (Å²) in [6, 6.07) is 10.3. The fraction of sp³-hybridized carbons (Fsp3) is 0.529. The van der Waals surface area contributed by atoms with Crippen LogP contribution in [-0.2, 0) is 11.4 Å². The first kappa shape index (κ1) is 12.7. The van der Waals surface area contributed by atoms with Crippen molar-refractivity contribution in [1.82, 2.24) is 5.48 Å². The lowest BCUT2D eigenvalue weighted by Gasteiger charge is -2.37. The summed E-state index contributed by atoms with van der Waals surface area (Å²) in [6.45, 7) is 7.74. The monoisotopic (exact) mass is 257 g/mol. The van der Waals surface area contributed by atoms with Gasteiger partial charge in [0.1, 0.15) is 0 Å². The molecule has 2 heteroatoms. The van der Waals surface area contributed by atoms with E-state index in [9.17, 15) is 0 Å². The highest BCUT2D eigenvalue weighted by atomic mass is 16.6. The molecule has 1 N–H and O–H groups in total. The quantitative estimate of drug-likeness (QED) is 0.822. The zero-order chi connectivity index (χ0) is 13.5. The van der Waals surface area contributed by atoms with Crippen molar-refractivity contribution in [1.29, 1.82) is 0 Å². The Hall–Kier alpha value is -1.28. The van der Waals surface area contributed by atoms with E-state index in [1.807, 2.05) is 18.2 Å². The molecular weight excluding hydrogens is 234 g/mol. The predicted molar refractivity (Wildman–Crippen MR) is 77.1 cm³/mol. The van der Waals surface area contributed by atoms with Gasteiger partial charge in [-0.15, -0.1) is 0 Å². The molecule has 0 aromatic heterocycles. The van der Waals surface area contributed by atoms with E-state index < -0.39 is 0 Å². The Kier molecular flexibility index (Phi) is 2.94. The largest absolute Gasteiger partial charge is 0.272 e. The molecule has 2 aliphatic carbocycles. The summed E-state index contributed by atoms with van der Waals surface area (Å²) < 4.78 is 0. The average molecular weight is 257 g/mol. The zero-order valence-corrected chi connectivity index (χ0v) is 12.1. The van der Waals surface area contributed by atoms with Crippen LogP contribution < -0.4 is 5.48 Å². The summed E-state index contributed by atoms with van der Waals surface area (Å²) >= 11 is 0. The van der Waals surface area contributed by atoms with Gasteiger partial charge >= 0.3 is 0 Å². The Labute approximate surface area is 115 Å². The fourth-order valence-corrected chi connectivity index (χ4v) is 3.61. The molecule has 0 spiro atoms. The van der Waals surface area contributed by atoms with E-state index in [-0.39, 0.29) is 5.41 Å². The average Bonchev–Trinajstić information content (AvgIpc) is 2.73. The lowest BCUT2D eigenvalue weighted by atomic mass is 9.69. The van der Waals surface area contributed by atoms with E-state index in [0.717, 1.165) is 0 Å². The minimum absolute atomic E-state index is 0.244. The van der Waals surface area contributed by atoms with Gasteiger partial charge in [-0.1, -0.05) is 57.2 Å². The van der Waals surface area contributed by atoms with Gasteiger partial charge < -0.3 is 0 Å². The third-order valence-corrected chi connectivity index (χ3v) is 5.53. The summed E-state index contributed by atoms with van der Waals surface area (Å²) in [5.41, 5.74) is 6.30. The molecule has 2 aliphatic rings. The van der Waals surface area contributed by atoms with Crippen LogP contribution in [0.5, 0.6) is 0 Å². The minimum atomic E-state index is 0.244. The first-order valence-electron chi connectivity index (χ1n) is 7.18. The van der Waals surface area contributed by atoms with E-state index in [2.05, 4.69) is 44.5 Å². The number of rotatable bonds is 4. The summed E-state index contributed by atoms with van der Waals surface area (Å²) in [4.78, 5) is 5.70. The van der Waals surface area contributed by atoms with Crippen molar-refractivity contribution in [2.75, 3.05) is 0 Å². The normalized spacial score (nSPS) is 31.3. The molecule has 1 aromatic carbocycles. The zero-order valence-electron chi connectivity index (χ0n) is 12.1. The first-order valence-corrected chi connectivity index (χ1v) is 7.18. The second-order valence-electron chi connectivity index (χ2n) is 6.66. The maximum Gasteiger partial charge on any atom is 0.0996 e. The third-order valence-electron chi connectivity index (χ3n) is 5.53. The number of hydrogen-bond donors (Lipinski definition) is 1. The summed E-state index contributed by atoms with van der Waals surface area (Å²) in [6.07, 6.45) is 4.96. The predicted octanol–water partition coefficient (Wildman–Crippen LogP) is 4.05. The van der Waals surface area contributed by atoms with Gasteiger partial charge in [0.25, 0.3) is 0 Å². The number of hydrogen-bond acceptors (Lipinski definition) is 2. The highest BCUT2D eigenvalue weighted by Gasteiger charge is 2.57. The van der Waals surface area contributed by atoms with Crippen LogP contribution in [0.1, 0.15) is 39.2 Å². The van der Waals surface area contributed by atoms with Crippen LogP contribution in [0.25, 0.3) is 0 Å². The number of allylic oxidation sites excluding steroid dienone is 2. The summed E-state index contributed by atoms with van der Waals surface area (Å²) in [5.74, 6) is 0.695. The Morgan fingerprint density at radius 2 is 1.95 bits per heavy atom. The van der Waals surface area contributed by atoms with Crippen LogP contribution in [0.4, 0.5) is 0 Å². The SMILES string of the molecule is CC12CCC(C=C1NOCc1ccccc1)C2(C)C. The summed E-state index contributed by atoms with van der Waals surface area (Å²) in [5, 5.41) is 0. The van der Waals surface area contributed by atoms with Gasteiger partial charge in [0.2, 0.25) is 0 Å². The van der Waals surface area contributed by atoms with Crippen molar-refractivity contribution in [3.05, 3.63) is 47.7 Å². The molecule has 2 bridgehead atoms. The van der Waals surface area contributed by atoms with Gasteiger partial charge in [-0.3, -0.25) is 10.3 Å². The molecule has 2 nitrogen and oxygen atoms in total. The molecule has 1 saturated carbocycles. The van der Waals surface area contributed by atoms with E-state index in [1.54, 1.807) is 0 Å². The lowest BCUT2D eigenvalue weighted by molar-refractivity contribution is 0.0239. The molecular formula is C17H23NO. The van der Waals surface area contributed by atoms with Crippen molar-refractivity contribution in [3.8, 4) is 0 Å². The van der Waals surface area contributed by atoms with Crippen molar-refractivity contribution in [2.45, 2.75) is 40.2 Å². The molecule has 1 aromatic rings. The van der Waals surface area contributed by atoms with Crippen LogP contribution in [0, 0.1) is 16.7 Å². The molecule has 2 atom stereocenters. The van der Waals surface area contributed by atoms with Crippen molar-refractivity contribution in [3.63, 3.8) is 0 Å². The number of hydroxylamine groups is 1. The minimum Gasteiger partial charge on any atom is -0.272 e. The van der Waals surface area contributed by atoms with Crippen molar-refractivity contribution >= 4 is 0 Å². The topological polar surface area (TPSA) is 21.3 Å². The van der Waals surface area contributed by atoms with E-state index >= 15 is 0 Å². The van der Waals surface area contributed by atoms with Gasteiger partial charge in [-0.05, 0) is 29.7 Å². The molecule has 102 valence electrons. The van der Waals surface area contributed by atoms with Gasteiger partial charge in [-0.2, -0.15) is 0 Å². The van der Waals surface area contributed by atoms with E-state index in [4.69, 9.17) is 4.84 Å². The number of fused-ring (bicyclic) bond motifs is 2. The van der Waals surface area contributed by atoms with Crippen LogP contribution in [0.3, 0.4) is 0 Å². The van der Waals surface area contributed by atoms with Gasteiger partial charge in [0.15, 0.2) is 0 Å². The number of nitrogens with one attached hydrogen (secondary N) is 1. The van der Waals surface area contributed by atoms with Crippen LogP contribution in [0.15, 0.2) is 42.1 Å². The van der Waals surface area contributed by atoms with E-state index in [0.29, 0.717) is 17.9 Å². The van der Waals surface area contributed by atoms with Crippen molar-refractivity contribution < 1.29 is 4.84 Å². The molecule has 0 saturated heterocycles. The van der Waals surface area contributed by atoms with E-state index in [1.165, 1.54) is 24.1 Å². The molecule has 0 radical (unpaired) electrons. The maximum absolute atomic E-state index is 5.70. The molecule has 19 heavy (non-hydrogen) atoms. The Balaban J connectivity index is 1.62. The maximum atomic E-state index is 5.70. The number of benzene rings is 1.